The Morgan fingerprint density at radius 3 is 0.717 bits per heavy atom. The minimum atomic E-state index is -0.0338. The maximum atomic E-state index is 6.85. The summed E-state index contributed by atoms with van der Waals surface area (Å²) < 4.78 is 0. The minimum absolute atomic E-state index is 0. The van der Waals surface area contributed by atoms with Gasteiger partial charge in [0.05, 0.1) is 36.7 Å². The number of hydrogen-bond acceptors (Lipinski definition) is 0. The Balaban J connectivity index is 0.000000593. The van der Waals surface area contributed by atoms with Gasteiger partial charge in [-0.25, -0.2) is 14.5 Å². The van der Waals surface area contributed by atoms with Crippen LogP contribution < -0.4 is 0 Å². The molecular weight excluding hydrogens is 699 g/mol. The average molecular weight is 757 g/mol. The molecule has 0 spiro atoms. The molecule has 0 aliphatic heterocycles. The fraction of sp³-hybridized carbons (Fsp3) is 0.462. The van der Waals surface area contributed by atoms with Gasteiger partial charge in [-0.1, -0.05) is 54.6 Å². The van der Waals surface area contributed by atoms with Crippen LogP contribution in [0, 0.1) is 61.3 Å². The third-order valence-corrected chi connectivity index (χ3v) is 15.1. The van der Waals surface area contributed by atoms with Crippen LogP contribution in [0.5, 0.6) is 0 Å². The molecule has 1 fully saturated rings. The van der Waals surface area contributed by atoms with Crippen LogP contribution in [0.4, 0.5) is 17.1 Å². The fourth-order valence-electron chi connectivity index (χ4n) is 5.68. The smallest absolute Gasteiger partial charge is 0.238 e. The molecule has 1 saturated carbocycles. The topological polar surface area (TPSA) is 13.1 Å². The zero-order chi connectivity index (χ0) is 34.3. The SMILES string of the molecule is C[PH+](C)C1CC([PH+](C)C)CC([PH+](C)C)C1.[C-]#[N+]c1c(C)cccc1C.[C-]#[N+]c1c(C)cccc1C.[C-]#[N+]c1c(C)cccc1C.[Mo+3]. The molecule has 0 unspecified atom stereocenters. The molecule has 0 amide bonds. The summed E-state index contributed by atoms with van der Waals surface area (Å²) >= 11 is 0. The van der Waals surface area contributed by atoms with Gasteiger partial charge in [-0.15, -0.1) is 0 Å². The maximum absolute atomic E-state index is 6.85. The van der Waals surface area contributed by atoms with E-state index in [-0.39, 0.29) is 44.8 Å². The molecule has 7 heteroatoms. The van der Waals surface area contributed by atoms with E-state index >= 15 is 0 Å². The number of nitrogens with zero attached hydrogens (tertiary/aromatic N) is 3. The monoisotopic (exact) mass is 758 g/mol. The summed E-state index contributed by atoms with van der Waals surface area (Å²) in [5.74, 6) is 0. The van der Waals surface area contributed by atoms with E-state index in [2.05, 4.69) is 54.5 Å². The van der Waals surface area contributed by atoms with Gasteiger partial charge in [0, 0.05) is 59.3 Å². The molecule has 243 valence electrons. The average Bonchev–Trinajstić information content (AvgIpc) is 2.98. The first-order valence-electron chi connectivity index (χ1n) is 15.9. The molecule has 3 aromatic rings. The van der Waals surface area contributed by atoms with Crippen molar-refractivity contribution in [1.82, 2.24) is 0 Å². The zero-order valence-corrected chi connectivity index (χ0v) is 35.3. The first-order chi connectivity index (χ1) is 21.2. The molecule has 3 nitrogen and oxygen atoms in total. The molecule has 0 saturated heterocycles. The first-order valence-corrected chi connectivity index (χ1v) is 23.6. The standard InChI is InChI=1S/C12H27P3.3C9H9N.Mo/c1-13(2)10-7-11(14(3)4)9-12(8-10)15(5)6;3*1-7-5-4-6-8(2)9(7)10-3;/h10-12H,7-9H2,1-6H3;3*4-6H,1-2H3;/q;;;;+3/p+3. The summed E-state index contributed by atoms with van der Waals surface area (Å²) in [6.07, 6.45) is 4.77. The number of para-hydroxylation sites is 3. The van der Waals surface area contributed by atoms with Crippen LogP contribution in [0.15, 0.2) is 54.6 Å². The molecular formula is C39H57MoN3P3+6. The van der Waals surface area contributed by atoms with E-state index in [1.165, 1.54) is 0 Å². The van der Waals surface area contributed by atoms with Crippen molar-refractivity contribution in [3.63, 3.8) is 0 Å². The van der Waals surface area contributed by atoms with Crippen LogP contribution in [0.2, 0.25) is 0 Å². The number of benzene rings is 3. The van der Waals surface area contributed by atoms with Crippen molar-refractivity contribution in [2.24, 2.45) is 0 Å². The van der Waals surface area contributed by atoms with Crippen molar-refractivity contribution in [2.45, 2.75) is 77.8 Å². The number of rotatable bonds is 3. The van der Waals surface area contributed by atoms with Crippen molar-refractivity contribution >= 4 is 40.8 Å². The fourth-order valence-corrected chi connectivity index (χ4v) is 10.9. The molecule has 0 aromatic heterocycles. The molecule has 46 heavy (non-hydrogen) atoms. The summed E-state index contributed by atoms with van der Waals surface area (Å²) in [4.78, 5) is 10.3. The predicted octanol–water partition coefficient (Wildman–Crippen LogP) is 12.3. The van der Waals surface area contributed by atoms with E-state index < -0.39 is 0 Å². The van der Waals surface area contributed by atoms with Gasteiger partial charge >= 0.3 is 21.1 Å². The molecule has 1 radical (unpaired) electrons. The molecule has 3 aromatic carbocycles. The van der Waals surface area contributed by atoms with Crippen LogP contribution >= 0.6 is 23.8 Å². The molecule has 0 N–H and O–H groups in total. The van der Waals surface area contributed by atoms with Gasteiger partial charge in [0.2, 0.25) is 0 Å². The molecule has 4 rings (SSSR count). The summed E-state index contributed by atoms with van der Waals surface area (Å²) in [5, 5.41) is 0. The van der Waals surface area contributed by atoms with Crippen LogP contribution in [-0.4, -0.2) is 57.0 Å². The molecule has 1 aliphatic carbocycles. The predicted molar refractivity (Wildman–Crippen MR) is 212 cm³/mol. The largest absolute Gasteiger partial charge is 3.00 e. The van der Waals surface area contributed by atoms with E-state index in [1.807, 2.05) is 96.1 Å². The summed E-state index contributed by atoms with van der Waals surface area (Å²) in [6.45, 7) is 47.5. The van der Waals surface area contributed by atoms with Crippen molar-refractivity contribution in [3.8, 4) is 0 Å². The zero-order valence-electron chi connectivity index (χ0n) is 30.3. The Bertz CT molecular complexity index is 1250. The van der Waals surface area contributed by atoms with E-state index in [4.69, 9.17) is 19.7 Å². The van der Waals surface area contributed by atoms with Crippen molar-refractivity contribution in [2.75, 3.05) is 40.0 Å². The van der Waals surface area contributed by atoms with Crippen molar-refractivity contribution in [1.29, 1.82) is 0 Å². The van der Waals surface area contributed by atoms with Gasteiger partial charge in [0.15, 0.2) is 17.1 Å². The molecule has 0 heterocycles. The number of hydrogen-bond donors (Lipinski definition) is 0. The van der Waals surface area contributed by atoms with Crippen molar-refractivity contribution in [3.05, 3.63) is 122 Å². The van der Waals surface area contributed by atoms with Gasteiger partial charge in [-0.05, 0) is 98.7 Å². The third kappa shape index (κ3) is 14.5. The Kier molecular flexibility index (Phi) is 21.7. The van der Waals surface area contributed by atoms with Crippen molar-refractivity contribution < 1.29 is 21.1 Å². The Hall–Kier alpha value is -1.89. The van der Waals surface area contributed by atoms with Gasteiger partial charge in [-0.2, -0.15) is 0 Å². The quantitative estimate of drug-likeness (QED) is 0.143. The van der Waals surface area contributed by atoms with Gasteiger partial charge in [-0.3, -0.25) is 0 Å². The van der Waals surface area contributed by atoms with Gasteiger partial charge in [0.1, 0.15) is 0 Å². The normalized spacial score (nSPS) is 16.6. The van der Waals surface area contributed by atoms with E-state index in [0.29, 0.717) is 0 Å². The van der Waals surface area contributed by atoms with E-state index in [9.17, 15) is 0 Å². The second-order valence-corrected chi connectivity index (χ2v) is 22.0. The summed E-state index contributed by atoms with van der Waals surface area (Å²) in [7, 11) is -0.101. The third-order valence-electron chi connectivity index (χ3n) is 8.81. The van der Waals surface area contributed by atoms with Crippen LogP contribution in [0.1, 0.15) is 52.6 Å². The van der Waals surface area contributed by atoms with Crippen LogP contribution in [-0.2, 0) is 21.1 Å². The molecule has 0 atom stereocenters. The second kappa shape index (κ2) is 22.6. The molecule has 1 aliphatic rings. The Morgan fingerprint density at radius 2 is 0.609 bits per heavy atom. The van der Waals surface area contributed by atoms with E-state index in [1.54, 1.807) is 19.3 Å². The second-order valence-electron chi connectivity index (χ2n) is 13.1. The minimum Gasteiger partial charge on any atom is -0.238 e. The Labute approximate surface area is 300 Å². The summed E-state index contributed by atoms with van der Waals surface area (Å²) in [5.41, 5.74) is 12.2. The Morgan fingerprint density at radius 1 is 0.435 bits per heavy atom. The summed E-state index contributed by atoms with van der Waals surface area (Å²) in [6, 6.07) is 17.7. The molecule has 0 bridgehead atoms. The van der Waals surface area contributed by atoms with Crippen LogP contribution in [0.25, 0.3) is 14.5 Å². The van der Waals surface area contributed by atoms with E-state index in [0.717, 1.165) is 67.4 Å². The maximum Gasteiger partial charge on any atom is 3.00 e. The van der Waals surface area contributed by atoms with Crippen LogP contribution in [0.3, 0.4) is 0 Å². The van der Waals surface area contributed by atoms with Gasteiger partial charge in [0.25, 0.3) is 0 Å². The van der Waals surface area contributed by atoms with Gasteiger partial charge < -0.3 is 0 Å². The first kappa shape index (κ1) is 44.1. The number of aryl methyl sites for hydroxylation is 6.